The molecule has 2 aromatic carbocycles. The van der Waals surface area contributed by atoms with Crippen molar-refractivity contribution in [3.8, 4) is 17.6 Å². The SMILES string of the molecule is COc1ccc2ncc(Cl)c([C@H](O)CCC3(CO)CCN(CC#Cc4ccc(F)c(Cl)c4)CC3)c2c1. The molecule has 2 heterocycles. The van der Waals surface area contributed by atoms with Crippen LogP contribution in [0.5, 0.6) is 5.75 Å². The van der Waals surface area contributed by atoms with Gasteiger partial charge in [0.25, 0.3) is 0 Å². The van der Waals surface area contributed by atoms with Gasteiger partial charge in [-0.3, -0.25) is 9.88 Å². The van der Waals surface area contributed by atoms with Gasteiger partial charge in [0.2, 0.25) is 0 Å². The van der Waals surface area contributed by atoms with E-state index in [4.69, 9.17) is 27.9 Å². The van der Waals surface area contributed by atoms with Crippen LogP contribution in [0.2, 0.25) is 10.0 Å². The third-order valence-electron chi connectivity index (χ3n) is 7.06. The van der Waals surface area contributed by atoms with E-state index in [0.29, 0.717) is 41.3 Å². The molecule has 5 nitrogen and oxygen atoms in total. The summed E-state index contributed by atoms with van der Waals surface area (Å²) in [6, 6.07) is 9.97. The van der Waals surface area contributed by atoms with Crippen LogP contribution in [0.25, 0.3) is 10.9 Å². The minimum Gasteiger partial charge on any atom is -0.497 e. The number of fused-ring (bicyclic) bond motifs is 1. The van der Waals surface area contributed by atoms with E-state index in [0.717, 1.165) is 36.8 Å². The van der Waals surface area contributed by atoms with Crippen LogP contribution in [0.3, 0.4) is 0 Å². The average molecular weight is 531 g/mol. The first-order valence-corrected chi connectivity index (χ1v) is 12.7. The fourth-order valence-electron chi connectivity index (χ4n) is 4.72. The summed E-state index contributed by atoms with van der Waals surface area (Å²) >= 11 is 12.3. The number of aromatic nitrogens is 1. The number of hydrogen-bond acceptors (Lipinski definition) is 5. The predicted molar refractivity (Wildman–Crippen MR) is 141 cm³/mol. The van der Waals surface area contributed by atoms with Crippen molar-refractivity contribution >= 4 is 34.1 Å². The summed E-state index contributed by atoms with van der Waals surface area (Å²) in [6.07, 6.45) is 3.53. The highest BCUT2D eigenvalue weighted by molar-refractivity contribution is 6.32. The molecule has 0 saturated carbocycles. The molecule has 1 aliphatic rings. The minimum absolute atomic E-state index is 0.0615. The first-order chi connectivity index (χ1) is 17.3. The van der Waals surface area contributed by atoms with E-state index in [1.165, 1.54) is 12.1 Å². The molecule has 0 amide bonds. The monoisotopic (exact) mass is 530 g/mol. The van der Waals surface area contributed by atoms with Crippen molar-refractivity contribution in [3.63, 3.8) is 0 Å². The molecule has 1 aromatic heterocycles. The highest BCUT2D eigenvalue weighted by atomic mass is 35.5. The van der Waals surface area contributed by atoms with E-state index >= 15 is 0 Å². The molecule has 1 atom stereocenters. The third-order valence-corrected chi connectivity index (χ3v) is 7.65. The molecule has 0 radical (unpaired) electrons. The number of hydrogen-bond donors (Lipinski definition) is 2. The van der Waals surface area contributed by atoms with Crippen molar-refractivity contribution < 1.29 is 19.3 Å². The summed E-state index contributed by atoms with van der Waals surface area (Å²) in [6.45, 7) is 2.24. The van der Waals surface area contributed by atoms with Gasteiger partial charge in [0.05, 0.1) is 35.3 Å². The topological polar surface area (TPSA) is 65.8 Å². The second-order valence-electron chi connectivity index (χ2n) is 9.32. The van der Waals surface area contributed by atoms with Crippen LogP contribution in [0.1, 0.15) is 42.9 Å². The molecule has 1 saturated heterocycles. The van der Waals surface area contributed by atoms with Gasteiger partial charge in [-0.15, -0.1) is 0 Å². The molecule has 0 spiro atoms. The number of pyridine rings is 1. The molecule has 190 valence electrons. The normalized spacial score (nSPS) is 16.4. The number of likely N-dealkylation sites (tertiary alicyclic amines) is 1. The molecule has 1 aliphatic heterocycles. The number of aliphatic hydroxyl groups excluding tert-OH is 2. The predicted octanol–water partition coefficient (Wildman–Crippen LogP) is 5.63. The lowest BCUT2D eigenvalue weighted by atomic mass is 9.74. The van der Waals surface area contributed by atoms with Crippen molar-refractivity contribution in [2.45, 2.75) is 31.8 Å². The Morgan fingerprint density at radius 1 is 1.17 bits per heavy atom. The van der Waals surface area contributed by atoms with Crippen LogP contribution in [0, 0.1) is 23.1 Å². The largest absolute Gasteiger partial charge is 0.497 e. The van der Waals surface area contributed by atoms with Crippen LogP contribution in [0.4, 0.5) is 4.39 Å². The molecule has 0 bridgehead atoms. The second-order valence-corrected chi connectivity index (χ2v) is 10.1. The number of ether oxygens (including phenoxy) is 1. The van der Waals surface area contributed by atoms with Gasteiger partial charge in [-0.25, -0.2) is 4.39 Å². The van der Waals surface area contributed by atoms with Crippen molar-refractivity contribution in [1.29, 1.82) is 0 Å². The fraction of sp³-hybridized carbons (Fsp3) is 0.393. The number of nitrogens with zero attached hydrogens (tertiary/aromatic N) is 2. The van der Waals surface area contributed by atoms with Crippen LogP contribution < -0.4 is 4.74 Å². The van der Waals surface area contributed by atoms with Gasteiger partial charge in [-0.1, -0.05) is 35.0 Å². The quantitative estimate of drug-likeness (QED) is 0.387. The lowest BCUT2D eigenvalue weighted by Crippen LogP contribution is -2.42. The second kappa shape index (κ2) is 11.8. The van der Waals surface area contributed by atoms with Gasteiger partial charge in [-0.2, -0.15) is 0 Å². The van der Waals surface area contributed by atoms with Gasteiger partial charge in [0, 0.05) is 29.3 Å². The molecule has 4 rings (SSSR count). The number of piperidine rings is 1. The van der Waals surface area contributed by atoms with E-state index in [1.54, 1.807) is 19.4 Å². The maximum absolute atomic E-state index is 13.3. The summed E-state index contributed by atoms with van der Waals surface area (Å²) in [4.78, 5) is 6.60. The van der Waals surface area contributed by atoms with E-state index < -0.39 is 11.9 Å². The van der Waals surface area contributed by atoms with E-state index in [9.17, 15) is 14.6 Å². The Balaban J connectivity index is 1.37. The van der Waals surface area contributed by atoms with E-state index in [-0.39, 0.29) is 17.0 Å². The summed E-state index contributed by atoms with van der Waals surface area (Å²) in [7, 11) is 1.59. The molecule has 2 N–H and O–H groups in total. The molecular weight excluding hydrogens is 502 g/mol. The van der Waals surface area contributed by atoms with Crippen LogP contribution in [-0.4, -0.2) is 53.4 Å². The number of halogens is 3. The minimum atomic E-state index is -0.787. The zero-order chi connectivity index (χ0) is 25.7. The molecular formula is C28H29Cl2FN2O3. The highest BCUT2D eigenvalue weighted by Gasteiger charge is 2.34. The zero-order valence-corrected chi connectivity index (χ0v) is 21.6. The Kier molecular flexibility index (Phi) is 8.71. The molecule has 0 aliphatic carbocycles. The summed E-state index contributed by atoms with van der Waals surface area (Å²) < 4.78 is 18.6. The first kappa shape index (κ1) is 26.7. The Bertz CT molecular complexity index is 1280. The molecule has 1 fully saturated rings. The Morgan fingerprint density at radius 2 is 1.94 bits per heavy atom. The Labute approximate surface area is 220 Å². The maximum Gasteiger partial charge on any atom is 0.141 e. The standard InChI is InChI=1S/C28H29Cl2FN2O3/c1-36-20-5-7-25-21(16-20)27(23(30)17-32-25)26(35)8-9-28(18-34)10-13-33(14-11-28)12-2-3-19-4-6-24(31)22(29)15-19/h4-7,15-17,26,34-35H,8-14,18H2,1H3/t26-/m1/s1. The number of methoxy groups -OCH3 is 1. The van der Waals surface area contributed by atoms with Crippen LogP contribution in [-0.2, 0) is 0 Å². The molecule has 3 aromatic rings. The zero-order valence-electron chi connectivity index (χ0n) is 20.1. The first-order valence-electron chi connectivity index (χ1n) is 11.9. The summed E-state index contributed by atoms with van der Waals surface area (Å²) in [5.74, 6) is 6.37. The smallest absolute Gasteiger partial charge is 0.141 e. The Morgan fingerprint density at radius 3 is 2.64 bits per heavy atom. The van der Waals surface area contributed by atoms with Gasteiger partial charge in [-0.05, 0) is 80.6 Å². The van der Waals surface area contributed by atoms with Crippen molar-refractivity contribution in [3.05, 3.63) is 69.6 Å². The van der Waals surface area contributed by atoms with Gasteiger partial charge >= 0.3 is 0 Å². The average Bonchev–Trinajstić information content (AvgIpc) is 2.89. The third kappa shape index (κ3) is 6.11. The van der Waals surface area contributed by atoms with Crippen molar-refractivity contribution in [2.75, 3.05) is 33.4 Å². The molecule has 0 unspecified atom stereocenters. The molecule has 8 heteroatoms. The lowest BCUT2D eigenvalue weighted by molar-refractivity contribution is 0.0273. The van der Waals surface area contributed by atoms with Gasteiger partial charge in [0.1, 0.15) is 11.6 Å². The Hall–Kier alpha value is -2.40. The van der Waals surface area contributed by atoms with Gasteiger partial charge < -0.3 is 14.9 Å². The maximum atomic E-state index is 13.3. The number of aliphatic hydroxyl groups is 2. The number of benzene rings is 2. The van der Waals surface area contributed by atoms with Crippen molar-refractivity contribution in [1.82, 2.24) is 9.88 Å². The number of rotatable bonds is 7. The lowest BCUT2D eigenvalue weighted by Gasteiger charge is -2.40. The van der Waals surface area contributed by atoms with E-state index in [1.807, 2.05) is 18.2 Å². The van der Waals surface area contributed by atoms with Crippen LogP contribution in [0.15, 0.2) is 42.6 Å². The van der Waals surface area contributed by atoms with Crippen LogP contribution >= 0.6 is 23.2 Å². The van der Waals surface area contributed by atoms with Crippen molar-refractivity contribution in [2.24, 2.45) is 5.41 Å². The fourth-order valence-corrected chi connectivity index (χ4v) is 5.18. The molecule has 36 heavy (non-hydrogen) atoms. The summed E-state index contributed by atoms with van der Waals surface area (Å²) in [5.41, 5.74) is 1.80. The van der Waals surface area contributed by atoms with Gasteiger partial charge in [0.15, 0.2) is 0 Å². The van der Waals surface area contributed by atoms with E-state index in [2.05, 4.69) is 21.7 Å². The summed E-state index contributed by atoms with van der Waals surface area (Å²) in [5, 5.41) is 22.6. The highest BCUT2D eigenvalue weighted by Crippen LogP contribution is 2.40.